The number of benzene rings is 3. The second kappa shape index (κ2) is 9.70. The molecule has 1 amide bonds. The molecule has 0 atom stereocenters. The molecule has 32 heavy (non-hydrogen) atoms. The molecule has 0 unspecified atom stereocenters. The zero-order valence-electron chi connectivity index (χ0n) is 17.4. The molecule has 4 rings (SSSR count). The second-order valence-electron chi connectivity index (χ2n) is 6.97. The first-order chi connectivity index (χ1) is 15.6. The minimum Gasteiger partial charge on any atom is -0.497 e. The van der Waals surface area contributed by atoms with Crippen LogP contribution in [0, 0.1) is 0 Å². The van der Waals surface area contributed by atoms with Crippen molar-refractivity contribution in [3.8, 4) is 34.1 Å². The lowest BCUT2D eigenvalue weighted by Gasteiger charge is -2.07. The summed E-state index contributed by atoms with van der Waals surface area (Å²) >= 11 is 0. The van der Waals surface area contributed by atoms with Crippen LogP contribution in [0.1, 0.15) is 11.5 Å². The first kappa shape index (κ1) is 21.0. The number of rotatable bonds is 8. The monoisotopic (exact) mass is 430 g/mol. The Bertz CT molecular complexity index is 1170. The van der Waals surface area contributed by atoms with Crippen LogP contribution in [0.5, 0.6) is 11.5 Å². The number of amides is 1. The Morgan fingerprint density at radius 1 is 0.938 bits per heavy atom. The summed E-state index contributed by atoms with van der Waals surface area (Å²) in [6.07, 6.45) is -1.14. The molecule has 0 aliphatic rings. The molecule has 1 heterocycles. The number of nitrogens with zero attached hydrogens (tertiary/aromatic N) is 1. The zero-order chi connectivity index (χ0) is 22.3. The van der Waals surface area contributed by atoms with Gasteiger partial charge < -0.3 is 24.3 Å². The van der Waals surface area contributed by atoms with Crippen molar-refractivity contribution in [3.05, 3.63) is 90.3 Å². The molecule has 3 aromatic carbocycles. The van der Waals surface area contributed by atoms with E-state index in [0.29, 0.717) is 18.1 Å². The molecule has 0 aliphatic carbocycles. The van der Waals surface area contributed by atoms with Crippen LogP contribution in [-0.2, 0) is 13.2 Å². The molecular weight excluding hydrogens is 408 g/mol. The topological polar surface area (TPSA) is 93.8 Å². The van der Waals surface area contributed by atoms with Gasteiger partial charge in [-0.2, -0.15) is 0 Å². The van der Waals surface area contributed by atoms with Crippen LogP contribution < -0.4 is 14.8 Å². The summed E-state index contributed by atoms with van der Waals surface area (Å²) in [4.78, 5) is 15.4. The van der Waals surface area contributed by atoms with Crippen molar-refractivity contribution in [3.63, 3.8) is 0 Å². The quantitative estimate of drug-likeness (QED) is 0.391. The molecule has 0 saturated carbocycles. The number of oxazole rings is 1. The van der Waals surface area contributed by atoms with E-state index in [2.05, 4.69) is 10.3 Å². The molecule has 7 nitrogen and oxygen atoms in total. The van der Waals surface area contributed by atoms with Gasteiger partial charge in [-0.15, -0.1) is 0 Å². The highest BCUT2D eigenvalue weighted by Gasteiger charge is 2.17. The van der Waals surface area contributed by atoms with E-state index in [4.69, 9.17) is 19.0 Å². The van der Waals surface area contributed by atoms with Crippen LogP contribution in [-0.4, -0.2) is 23.3 Å². The van der Waals surface area contributed by atoms with E-state index in [9.17, 15) is 4.79 Å². The van der Waals surface area contributed by atoms with Crippen molar-refractivity contribution in [2.45, 2.75) is 13.2 Å². The highest BCUT2D eigenvalue weighted by molar-refractivity contribution is 5.77. The van der Waals surface area contributed by atoms with E-state index in [1.165, 1.54) is 0 Å². The van der Waals surface area contributed by atoms with Gasteiger partial charge in [-0.3, -0.25) is 0 Å². The zero-order valence-corrected chi connectivity index (χ0v) is 17.4. The van der Waals surface area contributed by atoms with Crippen molar-refractivity contribution in [1.29, 1.82) is 0 Å². The van der Waals surface area contributed by atoms with Crippen LogP contribution in [0.2, 0.25) is 0 Å². The lowest BCUT2D eigenvalue weighted by molar-refractivity contribution is 0.192. The van der Waals surface area contributed by atoms with Gasteiger partial charge >= 0.3 is 6.09 Å². The summed E-state index contributed by atoms with van der Waals surface area (Å²) in [6.45, 7) is 0.446. The highest BCUT2D eigenvalue weighted by Crippen LogP contribution is 2.34. The molecule has 0 spiro atoms. The van der Waals surface area contributed by atoms with Gasteiger partial charge in [0.2, 0.25) is 5.89 Å². The van der Waals surface area contributed by atoms with Crippen LogP contribution in [0.4, 0.5) is 4.79 Å². The van der Waals surface area contributed by atoms with E-state index < -0.39 is 6.09 Å². The lowest BCUT2D eigenvalue weighted by atomic mass is 10.1. The van der Waals surface area contributed by atoms with Gasteiger partial charge in [0.1, 0.15) is 23.8 Å². The predicted octanol–water partition coefficient (Wildman–Crippen LogP) is 5.36. The van der Waals surface area contributed by atoms with Gasteiger partial charge in [0, 0.05) is 11.1 Å². The average Bonchev–Trinajstić information content (AvgIpc) is 3.27. The second-order valence-corrected chi connectivity index (χ2v) is 6.97. The van der Waals surface area contributed by atoms with Crippen molar-refractivity contribution >= 4 is 6.09 Å². The largest absolute Gasteiger partial charge is 0.497 e. The Kier molecular flexibility index (Phi) is 6.36. The van der Waals surface area contributed by atoms with Crippen molar-refractivity contribution in [2.24, 2.45) is 0 Å². The smallest absolute Gasteiger partial charge is 0.405 e. The van der Waals surface area contributed by atoms with Gasteiger partial charge in [-0.1, -0.05) is 30.3 Å². The Labute approximate surface area is 185 Å². The molecule has 162 valence electrons. The van der Waals surface area contributed by atoms with Gasteiger partial charge in [-0.25, -0.2) is 9.78 Å². The molecule has 0 fully saturated rings. The maximum absolute atomic E-state index is 10.9. The van der Waals surface area contributed by atoms with E-state index in [-0.39, 0.29) is 12.4 Å². The number of aromatic nitrogens is 1. The molecule has 4 aromatic rings. The fourth-order valence-electron chi connectivity index (χ4n) is 3.17. The Balaban J connectivity index is 1.59. The van der Waals surface area contributed by atoms with Crippen molar-refractivity contribution in [2.75, 3.05) is 7.11 Å². The number of carboxylic acid groups (broad SMARTS) is 1. The maximum atomic E-state index is 10.9. The van der Waals surface area contributed by atoms with Gasteiger partial charge in [0.15, 0.2) is 5.76 Å². The lowest BCUT2D eigenvalue weighted by Crippen LogP contribution is -2.20. The number of carbonyl (C=O) groups is 1. The summed E-state index contributed by atoms with van der Waals surface area (Å²) in [6, 6.07) is 24.9. The Morgan fingerprint density at radius 3 is 2.25 bits per heavy atom. The minimum absolute atomic E-state index is 0.0310. The number of nitrogens with one attached hydrogen (secondary N) is 1. The van der Waals surface area contributed by atoms with Crippen LogP contribution in [0.3, 0.4) is 0 Å². The first-order valence-electron chi connectivity index (χ1n) is 10.0. The van der Waals surface area contributed by atoms with Crippen molar-refractivity contribution in [1.82, 2.24) is 10.3 Å². The normalized spacial score (nSPS) is 10.5. The molecule has 0 radical (unpaired) electrons. The van der Waals surface area contributed by atoms with Gasteiger partial charge in [-0.05, 0) is 54.1 Å². The maximum Gasteiger partial charge on any atom is 0.405 e. The highest BCUT2D eigenvalue weighted by atomic mass is 16.5. The summed E-state index contributed by atoms with van der Waals surface area (Å²) < 4.78 is 17.0. The third-order valence-corrected chi connectivity index (χ3v) is 4.79. The summed E-state index contributed by atoms with van der Waals surface area (Å²) in [5.41, 5.74) is 3.34. The SMILES string of the molecule is COc1ccc(-c2nc(CNC(=O)O)oc2-c2ccc(OCc3ccccc3)cc2)cc1. The van der Waals surface area contributed by atoms with E-state index in [1.807, 2.05) is 78.9 Å². The first-order valence-corrected chi connectivity index (χ1v) is 10.0. The Morgan fingerprint density at radius 2 is 1.59 bits per heavy atom. The molecule has 0 bridgehead atoms. The minimum atomic E-state index is -1.14. The third kappa shape index (κ3) is 5.07. The summed E-state index contributed by atoms with van der Waals surface area (Å²) in [5.74, 6) is 2.28. The van der Waals surface area contributed by atoms with Crippen LogP contribution >= 0.6 is 0 Å². The average molecular weight is 430 g/mol. The predicted molar refractivity (Wildman–Crippen MR) is 120 cm³/mol. The van der Waals surface area contributed by atoms with Gasteiger partial charge in [0.25, 0.3) is 0 Å². The van der Waals surface area contributed by atoms with Crippen LogP contribution in [0.15, 0.2) is 83.3 Å². The van der Waals surface area contributed by atoms with Crippen LogP contribution in [0.25, 0.3) is 22.6 Å². The van der Waals surface area contributed by atoms with Gasteiger partial charge in [0.05, 0.1) is 13.7 Å². The summed E-state index contributed by atoms with van der Waals surface area (Å²) in [7, 11) is 1.60. The molecule has 1 aromatic heterocycles. The third-order valence-electron chi connectivity index (χ3n) is 4.79. The van der Waals surface area contributed by atoms with E-state index in [1.54, 1.807) is 7.11 Å². The molecule has 0 aliphatic heterocycles. The number of methoxy groups -OCH3 is 1. The van der Waals surface area contributed by atoms with E-state index in [0.717, 1.165) is 28.2 Å². The van der Waals surface area contributed by atoms with Crippen molar-refractivity contribution < 1.29 is 23.8 Å². The Hall–Kier alpha value is -4.26. The molecule has 7 heteroatoms. The number of hydrogen-bond donors (Lipinski definition) is 2. The standard InChI is InChI=1S/C25H22N2O5/c1-30-20-11-7-18(8-12-20)23-24(32-22(27-23)15-26-25(28)29)19-9-13-21(14-10-19)31-16-17-5-3-2-4-6-17/h2-14,26H,15-16H2,1H3,(H,28,29). The summed E-state index contributed by atoms with van der Waals surface area (Å²) in [5, 5.41) is 11.2. The number of ether oxygens (including phenoxy) is 2. The fraction of sp³-hybridized carbons (Fsp3) is 0.120. The fourth-order valence-corrected chi connectivity index (χ4v) is 3.17. The van der Waals surface area contributed by atoms with E-state index >= 15 is 0 Å². The molecule has 2 N–H and O–H groups in total. The number of hydrogen-bond acceptors (Lipinski definition) is 5. The molecular formula is C25H22N2O5. The molecule has 0 saturated heterocycles.